The van der Waals surface area contributed by atoms with Crippen LogP contribution < -0.4 is 0 Å². The molecule has 5 aliphatic heterocycles. The molecule has 5 fully saturated rings. The predicted octanol–water partition coefficient (Wildman–Crippen LogP) is 11.8. The van der Waals surface area contributed by atoms with Crippen LogP contribution in [0.25, 0.3) is 0 Å². The molecule has 4 unspecified atom stereocenters. The van der Waals surface area contributed by atoms with Crippen molar-refractivity contribution >= 4 is 52.8 Å². The van der Waals surface area contributed by atoms with Crippen LogP contribution >= 0.6 is 22.6 Å². The van der Waals surface area contributed by atoms with Crippen LogP contribution in [0.5, 0.6) is 0 Å². The highest BCUT2D eigenvalue weighted by molar-refractivity contribution is 14.1. The summed E-state index contributed by atoms with van der Waals surface area (Å²) in [6.07, 6.45) is 6.65. The Morgan fingerprint density at radius 3 is 2.27 bits per heavy atom. The first-order chi connectivity index (χ1) is 33.0. The molecule has 0 spiro atoms. The summed E-state index contributed by atoms with van der Waals surface area (Å²) >= 11 is 2.26. The molecule has 14 heteroatoms. The van der Waals surface area contributed by atoms with Crippen LogP contribution in [0.4, 0.5) is 0 Å². The Morgan fingerprint density at radius 1 is 0.929 bits per heavy atom. The van der Waals surface area contributed by atoms with Gasteiger partial charge in [0.2, 0.25) is 0 Å². The number of halogens is 1. The van der Waals surface area contributed by atoms with Gasteiger partial charge in [0, 0.05) is 32.3 Å². The van der Waals surface area contributed by atoms with Crippen LogP contribution in [0.3, 0.4) is 0 Å². The molecule has 5 heterocycles. The zero-order chi connectivity index (χ0) is 51.3. The van der Waals surface area contributed by atoms with E-state index < -0.39 is 59.8 Å². The topological polar surface area (TPSA) is 133 Å². The highest BCUT2D eigenvalue weighted by Gasteiger charge is 2.57. The van der Waals surface area contributed by atoms with Gasteiger partial charge in [-0.2, -0.15) is 0 Å². The molecule has 0 bridgehead atoms. The number of aldehydes is 1. The minimum Gasteiger partial charge on any atom is -0.408 e. The lowest BCUT2D eigenvalue weighted by atomic mass is 9.77. The van der Waals surface area contributed by atoms with Crippen molar-refractivity contribution in [3.8, 4) is 0 Å². The molecule has 5 saturated heterocycles. The van der Waals surface area contributed by atoms with Crippen molar-refractivity contribution in [1.29, 1.82) is 0 Å². The van der Waals surface area contributed by atoms with Crippen LogP contribution in [0.1, 0.15) is 132 Å². The summed E-state index contributed by atoms with van der Waals surface area (Å²) in [5.74, 6) is -0.622. The second-order valence-electron chi connectivity index (χ2n) is 23.1. The average molecular weight is 1120 g/mol. The quantitative estimate of drug-likeness (QED) is 0.0476. The number of fused-ring (bicyclic) bond motifs is 1. The molecule has 0 aromatic heterocycles. The normalized spacial score (nSPS) is 35.7. The lowest BCUT2D eigenvalue weighted by Gasteiger charge is -2.51. The zero-order valence-electron chi connectivity index (χ0n) is 44.2. The minimum absolute atomic E-state index is 0.00900. The molecule has 6 rings (SSSR count). The van der Waals surface area contributed by atoms with E-state index in [4.69, 9.17) is 32.8 Å². The van der Waals surface area contributed by atoms with Crippen molar-refractivity contribution < 1.29 is 50.9 Å². The lowest BCUT2D eigenvalue weighted by Crippen LogP contribution is -2.58. The van der Waals surface area contributed by atoms with Crippen LogP contribution in [-0.4, -0.2) is 114 Å². The summed E-state index contributed by atoms with van der Waals surface area (Å²) in [6, 6.07) is 8.36. The smallest absolute Gasteiger partial charge is 0.193 e. The number of Topliss-reactive ketones (excluding diaryl/α,β-unsaturated/α-hetero) is 1. The van der Waals surface area contributed by atoms with E-state index >= 15 is 13.2 Å². The number of ketones is 1. The van der Waals surface area contributed by atoms with Gasteiger partial charge >= 0.3 is 0 Å². The Morgan fingerprint density at radius 2 is 1.63 bits per heavy atom. The summed E-state index contributed by atoms with van der Waals surface area (Å²) in [5.41, 5.74) is 2.00. The van der Waals surface area contributed by atoms with Crippen molar-refractivity contribution in [3.63, 3.8) is 0 Å². The van der Waals surface area contributed by atoms with Gasteiger partial charge in [0.1, 0.15) is 11.5 Å². The van der Waals surface area contributed by atoms with E-state index in [1.165, 1.54) is 0 Å². The first kappa shape index (κ1) is 57.7. The fourth-order valence-corrected chi connectivity index (χ4v) is 15.3. The first-order valence-electron chi connectivity index (χ1n) is 26.4. The van der Waals surface area contributed by atoms with E-state index in [1.807, 2.05) is 4.08 Å². The summed E-state index contributed by atoms with van der Waals surface area (Å²) in [7, 11) is -4.81. The molecule has 11 nitrogen and oxygen atoms in total. The molecule has 0 saturated carbocycles. The third-order valence-electron chi connectivity index (χ3n) is 17.3. The maximum Gasteiger partial charge on any atom is 0.193 e. The van der Waals surface area contributed by atoms with E-state index in [9.17, 15) is 4.79 Å². The number of carbonyl (C=O) groups is 2. The maximum absolute atomic E-state index is 15.4. The molecule has 1 aromatic rings. The number of benzene rings is 1. The van der Waals surface area contributed by atoms with Crippen molar-refractivity contribution in [1.82, 2.24) is 0 Å². The number of ether oxygens (including phenoxy) is 6. The van der Waals surface area contributed by atoms with Crippen molar-refractivity contribution in [2.75, 3.05) is 7.11 Å². The van der Waals surface area contributed by atoms with Gasteiger partial charge in [-0.15, -0.1) is 0 Å². The van der Waals surface area contributed by atoms with E-state index in [1.54, 1.807) is 37.4 Å². The minimum atomic E-state index is -4.28. The zero-order valence-corrected chi connectivity index (χ0v) is 48.2. The van der Waals surface area contributed by atoms with Gasteiger partial charge in [-0.25, -0.2) is 8.42 Å². The van der Waals surface area contributed by atoms with Gasteiger partial charge in [0.15, 0.2) is 23.9 Å². The van der Waals surface area contributed by atoms with Crippen molar-refractivity contribution in [2.24, 2.45) is 29.6 Å². The standard InChI is InChI=1S/C56H87IO11SSi/c1-14-34(2)29-50-54(62-11)51(49(66-50)33-48-37(5)35(3)30-41(64-48)22-24-45-36(4)31-40(63-45)19-18-28-58)55(69(60,61)43-20-16-15-17-21-43)44(59)32-42-23-25-46-52(65-42)38(6)39(7)53(67-46)47(26-27-57)68-70(12,13)56(8,9)10/h15-17,20-21,26-28,34-35,38-42,45-55H,4-5,14,18-19,22-25,29-33H2,1-3,6-13H3/b27-26+/t34-,35-,38-,39+,40+,41+,42?,45+,46?,47+,48-,49+,50-,51+,52?,53-,54+,55?/m1/s1. The molecule has 1 aromatic carbocycles. The Kier molecular flexibility index (Phi) is 20.5. The largest absolute Gasteiger partial charge is 0.408 e. The highest BCUT2D eigenvalue weighted by atomic mass is 127. The third kappa shape index (κ3) is 13.4. The Hall–Kier alpha value is -1.60. The van der Waals surface area contributed by atoms with Gasteiger partial charge in [-0.05, 0) is 127 Å². The Bertz CT molecular complexity index is 2060. The third-order valence-corrected chi connectivity index (χ3v) is 24.3. The SMILES string of the molecule is C=C1C[C@H](CCC=O)O[C@H]1CC[C@H]1C[C@@H](C)C(=C)[C@@H](C[C@@H]2O[C@H](C[C@H](C)CC)[C@H](OC)[C@H]2C(C(=O)CC2CCC3O[C@@H]([C@H](/C=C/I)O[Si](C)(C)C(C)(C)C)[C@@H](C)[C@@H](C)C3O2)S(=O)(=O)c2ccccc2)O1. The first-order valence-corrected chi connectivity index (χ1v) is 32.1. The van der Waals surface area contributed by atoms with Crippen LogP contribution in [0.2, 0.25) is 18.1 Å². The van der Waals surface area contributed by atoms with Crippen LogP contribution in [-0.2, 0) is 52.3 Å². The number of hydrogen-bond acceptors (Lipinski definition) is 11. The van der Waals surface area contributed by atoms with Gasteiger partial charge in [0.25, 0.3) is 0 Å². The summed E-state index contributed by atoms with van der Waals surface area (Å²) in [6.45, 7) is 31.0. The molecular formula is C56H87IO11SSi. The summed E-state index contributed by atoms with van der Waals surface area (Å²) < 4.78 is 80.2. The van der Waals surface area contributed by atoms with Crippen molar-refractivity contribution in [3.05, 3.63) is 64.8 Å². The van der Waals surface area contributed by atoms with Crippen LogP contribution in [0, 0.1) is 29.6 Å². The number of carbonyl (C=O) groups excluding carboxylic acids is 2. The van der Waals surface area contributed by atoms with Gasteiger partial charge in [-0.3, -0.25) is 4.79 Å². The Balaban J connectivity index is 1.25. The molecule has 5 aliphatic rings. The number of hydrogen-bond donors (Lipinski definition) is 0. The fourth-order valence-electron chi connectivity index (χ4n) is 11.6. The van der Waals surface area contributed by atoms with Gasteiger partial charge < -0.3 is 37.6 Å². The molecule has 0 N–H and O–H groups in total. The summed E-state index contributed by atoms with van der Waals surface area (Å²) in [5, 5.41) is -1.43. The van der Waals surface area contributed by atoms with E-state index in [2.05, 4.69) is 110 Å². The monoisotopic (exact) mass is 1120 g/mol. The van der Waals surface area contributed by atoms with Gasteiger partial charge in [-0.1, -0.05) is 116 Å². The highest BCUT2D eigenvalue weighted by Crippen LogP contribution is 2.47. The Labute approximate surface area is 436 Å². The van der Waals surface area contributed by atoms with E-state index in [0.29, 0.717) is 38.5 Å². The molecule has 0 amide bonds. The molecule has 18 atom stereocenters. The van der Waals surface area contributed by atoms with E-state index in [-0.39, 0.29) is 88.5 Å². The maximum atomic E-state index is 15.4. The van der Waals surface area contributed by atoms with Gasteiger partial charge in [0.05, 0.1) is 78.1 Å². The number of sulfone groups is 1. The fraction of sp³-hybridized carbons (Fsp3) is 0.750. The van der Waals surface area contributed by atoms with Crippen molar-refractivity contribution in [2.45, 2.75) is 234 Å². The number of methoxy groups -OCH3 is 1. The van der Waals surface area contributed by atoms with E-state index in [0.717, 1.165) is 49.5 Å². The molecular weight excluding hydrogens is 1040 g/mol. The number of rotatable bonds is 22. The summed E-state index contributed by atoms with van der Waals surface area (Å²) in [4.78, 5) is 26.5. The predicted molar refractivity (Wildman–Crippen MR) is 287 cm³/mol. The lowest BCUT2D eigenvalue weighted by molar-refractivity contribution is -0.237. The molecule has 0 radical (unpaired) electrons. The average Bonchev–Trinajstić information content (AvgIpc) is 3.84. The second kappa shape index (κ2) is 24.8. The molecule has 70 heavy (non-hydrogen) atoms. The second-order valence-corrected chi connectivity index (χ2v) is 30.7. The van der Waals surface area contributed by atoms with Crippen LogP contribution in [0.15, 0.2) is 69.7 Å². The molecule has 0 aliphatic carbocycles. The molecule has 394 valence electrons.